The van der Waals surface area contributed by atoms with E-state index in [-0.39, 0.29) is 0 Å². The van der Waals surface area contributed by atoms with Crippen LogP contribution in [0.4, 0.5) is 0 Å². The maximum atomic E-state index is 4.44. The molecule has 78 valence electrons. The van der Waals surface area contributed by atoms with E-state index in [4.69, 9.17) is 0 Å². The van der Waals surface area contributed by atoms with Crippen molar-refractivity contribution in [3.63, 3.8) is 0 Å². The lowest BCUT2D eigenvalue weighted by Gasteiger charge is -2.22. The van der Waals surface area contributed by atoms with Crippen molar-refractivity contribution in [3.05, 3.63) is 30.1 Å². The van der Waals surface area contributed by atoms with Crippen LogP contribution in [-0.2, 0) is 0 Å². The SMILES string of the molecule is c1cc2cc(C3CCNCC3)cnc2[nH]1. The third-order valence-electron chi connectivity index (χ3n) is 3.23. The molecule has 15 heavy (non-hydrogen) atoms. The topological polar surface area (TPSA) is 40.7 Å². The third kappa shape index (κ3) is 1.63. The average Bonchev–Trinajstić information content (AvgIpc) is 2.77. The lowest BCUT2D eigenvalue weighted by molar-refractivity contribution is 0.460. The summed E-state index contributed by atoms with van der Waals surface area (Å²) in [4.78, 5) is 7.57. The van der Waals surface area contributed by atoms with Crippen LogP contribution in [0.2, 0.25) is 0 Å². The molecule has 0 amide bonds. The van der Waals surface area contributed by atoms with Crippen LogP contribution in [0.25, 0.3) is 11.0 Å². The molecule has 3 nitrogen and oxygen atoms in total. The molecule has 0 spiro atoms. The molecular weight excluding hydrogens is 186 g/mol. The molecule has 0 unspecified atom stereocenters. The predicted octanol–water partition coefficient (Wildman–Crippen LogP) is 2.03. The minimum absolute atomic E-state index is 0.693. The first-order chi connectivity index (χ1) is 7.43. The highest BCUT2D eigenvalue weighted by molar-refractivity contribution is 5.75. The van der Waals surface area contributed by atoms with Gasteiger partial charge in [-0.1, -0.05) is 0 Å². The second kappa shape index (κ2) is 3.66. The van der Waals surface area contributed by atoms with Gasteiger partial charge in [-0.15, -0.1) is 0 Å². The lowest BCUT2D eigenvalue weighted by atomic mass is 9.91. The summed E-state index contributed by atoms with van der Waals surface area (Å²) in [5.41, 5.74) is 2.39. The van der Waals surface area contributed by atoms with Crippen LogP contribution in [0, 0.1) is 0 Å². The molecule has 0 aliphatic carbocycles. The Kier molecular flexibility index (Phi) is 2.18. The molecule has 0 bridgehead atoms. The molecule has 0 atom stereocenters. The van der Waals surface area contributed by atoms with Gasteiger partial charge in [0, 0.05) is 17.8 Å². The third-order valence-corrected chi connectivity index (χ3v) is 3.23. The first-order valence-electron chi connectivity index (χ1n) is 5.57. The smallest absolute Gasteiger partial charge is 0.137 e. The Balaban J connectivity index is 1.95. The minimum atomic E-state index is 0.693. The van der Waals surface area contributed by atoms with E-state index in [1.54, 1.807) is 0 Å². The van der Waals surface area contributed by atoms with Gasteiger partial charge in [0.05, 0.1) is 0 Å². The Bertz CT molecular complexity index is 455. The van der Waals surface area contributed by atoms with Gasteiger partial charge in [-0.05, 0) is 49.5 Å². The number of hydrogen-bond acceptors (Lipinski definition) is 2. The van der Waals surface area contributed by atoms with Crippen molar-refractivity contribution in [1.29, 1.82) is 0 Å². The molecule has 2 aromatic heterocycles. The van der Waals surface area contributed by atoms with Crippen LogP contribution in [-0.4, -0.2) is 23.1 Å². The van der Waals surface area contributed by atoms with E-state index >= 15 is 0 Å². The van der Waals surface area contributed by atoms with Crippen molar-refractivity contribution in [3.8, 4) is 0 Å². The van der Waals surface area contributed by atoms with Gasteiger partial charge in [-0.25, -0.2) is 4.98 Å². The normalized spacial score (nSPS) is 18.4. The van der Waals surface area contributed by atoms with Crippen molar-refractivity contribution in [2.45, 2.75) is 18.8 Å². The van der Waals surface area contributed by atoms with Gasteiger partial charge in [-0.3, -0.25) is 0 Å². The van der Waals surface area contributed by atoms with Crippen LogP contribution in [0.15, 0.2) is 24.5 Å². The predicted molar refractivity (Wildman–Crippen MR) is 60.9 cm³/mol. The fourth-order valence-electron chi connectivity index (χ4n) is 2.34. The zero-order valence-electron chi connectivity index (χ0n) is 8.66. The number of pyridine rings is 1. The molecule has 1 aliphatic heterocycles. The molecule has 1 saturated heterocycles. The number of fused-ring (bicyclic) bond motifs is 1. The maximum absolute atomic E-state index is 4.44. The molecule has 0 radical (unpaired) electrons. The van der Waals surface area contributed by atoms with Crippen LogP contribution >= 0.6 is 0 Å². The van der Waals surface area contributed by atoms with Gasteiger partial charge in [0.25, 0.3) is 0 Å². The number of H-pyrrole nitrogens is 1. The summed E-state index contributed by atoms with van der Waals surface area (Å²) in [7, 11) is 0. The number of aromatic amines is 1. The zero-order valence-corrected chi connectivity index (χ0v) is 8.66. The summed E-state index contributed by atoms with van der Waals surface area (Å²) in [5, 5.41) is 4.62. The number of nitrogens with zero attached hydrogens (tertiary/aromatic N) is 1. The molecule has 0 aromatic carbocycles. The molecule has 2 N–H and O–H groups in total. The number of rotatable bonds is 1. The summed E-state index contributed by atoms with van der Waals surface area (Å²) in [5.74, 6) is 0.693. The summed E-state index contributed by atoms with van der Waals surface area (Å²) >= 11 is 0. The Morgan fingerprint density at radius 2 is 2.13 bits per heavy atom. The van der Waals surface area contributed by atoms with E-state index in [1.807, 2.05) is 12.4 Å². The van der Waals surface area contributed by atoms with Crippen LogP contribution in [0.3, 0.4) is 0 Å². The van der Waals surface area contributed by atoms with Gasteiger partial charge < -0.3 is 10.3 Å². The minimum Gasteiger partial charge on any atom is -0.346 e. The monoisotopic (exact) mass is 201 g/mol. The van der Waals surface area contributed by atoms with E-state index in [0.717, 1.165) is 18.7 Å². The van der Waals surface area contributed by atoms with Gasteiger partial charge >= 0.3 is 0 Å². The fourth-order valence-corrected chi connectivity index (χ4v) is 2.34. The second-order valence-corrected chi connectivity index (χ2v) is 4.21. The molecular formula is C12H15N3. The highest BCUT2D eigenvalue weighted by Gasteiger charge is 2.15. The average molecular weight is 201 g/mol. The van der Waals surface area contributed by atoms with Crippen LogP contribution in [0.1, 0.15) is 24.3 Å². The highest BCUT2D eigenvalue weighted by Crippen LogP contribution is 2.26. The van der Waals surface area contributed by atoms with Gasteiger partial charge in [-0.2, -0.15) is 0 Å². The number of piperidine rings is 1. The Morgan fingerprint density at radius 3 is 3.00 bits per heavy atom. The molecule has 1 fully saturated rings. The molecule has 0 saturated carbocycles. The van der Waals surface area contributed by atoms with Gasteiger partial charge in [0.15, 0.2) is 0 Å². The number of hydrogen-bond donors (Lipinski definition) is 2. The van der Waals surface area contributed by atoms with E-state index in [2.05, 4.69) is 27.4 Å². The maximum Gasteiger partial charge on any atom is 0.137 e. The van der Waals surface area contributed by atoms with E-state index < -0.39 is 0 Å². The van der Waals surface area contributed by atoms with Crippen molar-refractivity contribution < 1.29 is 0 Å². The van der Waals surface area contributed by atoms with Crippen molar-refractivity contribution in [2.24, 2.45) is 0 Å². The van der Waals surface area contributed by atoms with Crippen molar-refractivity contribution in [2.75, 3.05) is 13.1 Å². The lowest BCUT2D eigenvalue weighted by Crippen LogP contribution is -2.26. The Labute approximate surface area is 88.9 Å². The van der Waals surface area contributed by atoms with E-state index in [1.165, 1.54) is 23.8 Å². The summed E-state index contributed by atoms with van der Waals surface area (Å²) in [6.45, 7) is 2.27. The van der Waals surface area contributed by atoms with Gasteiger partial charge in [0.2, 0.25) is 0 Å². The molecule has 1 aliphatic rings. The van der Waals surface area contributed by atoms with Crippen LogP contribution in [0.5, 0.6) is 0 Å². The first-order valence-corrected chi connectivity index (χ1v) is 5.57. The van der Waals surface area contributed by atoms with Gasteiger partial charge in [0.1, 0.15) is 5.65 Å². The summed E-state index contributed by atoms with van der Waals surface area (Å²) in [6.07, 6.45) is 6.44. The van der Waals surface area contributed by atoms with E-state index in [9.17, 15) is 0 Å². The first kappa shape index (κ1) is 8.92. The molecule has 2 aromatic rings. The highest BCUT2D eigenvalue weighted by atomic mass is 14.9. The fraction of sp³-hybridized carbons (Fsp3) is 0.417. The Morgan fingerprint density at radius 1 is 1.27 bits per heavy atom. The van der Waals surface area contributed by atoms with Crippen LogP contribution < -0.4 is 5.32 Å². The molecule has 3 heterocycles. The Hall–Kier alpha value is -1.35. The summed E-state index contributed by atoms with van der Waals surface area (Å²) in [6, 6.07) is 4.36. The number of aromatic nitrogens is 2. The quantitative estimate of drug-likeness (QED) is 0.741. The second-order valence-electron chi connectivity index (χ2n) is 4.21. The van der Waals surface area contributed by atoms with Crippen molar-refractivity contribution >= 4 is 11.0 Å². The largest absolute Gasteiger partial charge is 0.346 e. The molecule has 3 rings (SSSR count). The molecule has 3 heteroatoms. The standard InChI is InChI=1S/C12H15N3/c1-4-13-5-2-9(1)11-7-10-3-6-14-12(10)15-8-11/h3,6-9,13H,1-2,4-5H2,(H,14,15). The van der Waals surface area contributed by atoms with E-state index in [0.29, 0.717) is 5.92 Å². The number of nitrogens with one attached hydrogen (secondary N) is 2. The van der Waals surface area contributed by atoms with Crippen molar-refractivity contribution in [1.82, 2.24) is 15.3 Å². The zero-order chi connectivity index (χ0) is 10.1. The summed E-state index contributed by atoms with van der Waals surface area (Å²) < 4.78 is 0.